The summed E-state index contributed by atoms with van der Waals surface area (Å²) in [5, 5.41) is 12.4. The Balaban J connectivity index is 1.76. The Labute approximate surface area is 184 Å². The maximum absolute atomic E-state index is 12.7. The number of nitrogens with zero attached hydrogens (tertiary/aromatic N) is 2. The fourth-order valence-corrected chi connectivity index (χ4v) is 4.42. The van der Waals surface area contributed by atoms with Gasteiger partial charge in [-0.1, -0.05) is 19.3 Å². The lowest BCUT2D eigenvalue weighted by atomic mass is 9.95. The van der Waals surface area contributed by atoms with Crippen LogP contribution in [0.2, 0.25) is 0 Å². The molecule has 164 valence electrons. The van der Waals surface area contributed by atoms with E-state index >= 15 is 0 Å². The number of aryl methyl sites for hydroxylation is 1. The van der Waals surface area contributed by atoms with Gasteiger partial charge in [0, 0.05) is 35.6 Å². The SMILES string of the molecule is COc1ccc(CNC(=O)/C(C#N)=C/c2cc(C)n(C3CCCCC3)c2C)c(OC)c1. The minimum Gasteiger partial charge on any atom is -0.497 e. The molecule has 0 atom stereocenters. The van der Waals surface area contributed by atoms with E-state index < -0.39 is 5.91 Å². The Bertz CT molecular complexity index is 1010. The molecule has 0 bridgehead atoms. The molecule has 1 heterocycles. The van der Waals surface area contributed by atoms with Crippen molar-refractivity contribution >= 4 is 12.0 Å². The summed E-state index contributed by atoms with van der Waals surface area (Å²) in [7, 11) is 3.16. The molecule has 1 aromatic heterocycles. The van der Waals surface area contributed by atoms with Crippen molar-refractivity contribution in [2.24, 2.45) is 0 Å². The molecule has 0 spiro atoms. The molecule has 1 aliphatic rings. The second-order valence-corrected chi connectivity index (χ2v) is 8.02. The number of methoxy groups -OCH3 is 2. The van der Waals surface area contributed by atoms with Crippen molar-refractivity contribution in [3.63, 3.8) is 0 Å². The number of nitrogens with one attached hydrogen (secondary N) is 1. The van der Waals surface area contributed by atoms with Crippen LogP contribution in [0.4, 0.5) is 0 Å². The smallest absolute Gasteiger partial charge is 0.262 e. The number of carbonyl (C=O) groups is 1. The Hall–Kier alpha value is -3.20. The molecule has 1 amide bonds. The fourth-order valence-electron chi connectivity index (χ4n) is 4.42. The van der Waals surface area contributed by atoms with E-state index in [4.69, 9.17) is 9.47 Å². The van der Waals surface area contributed by atoms with Gasteiger partial charge in [0.15, 0.2) is 0 Å². The van der Waals surface area contributed by atoms with E-state index in [0.29, 0.717) is 17.5 Å². The van der Waals surface area contributed by atoms with Gasteiger partial charge in [-0.15, -0.1) is 0 Å². The molecule has 3 rings (SSSR count). The first kappa shape index (κ1) is 22.5. The number of carbonyl (C=O) groups excluding carboxylic acids is 1. The molecular formula is C25H31N3O3. The third-order valence-electron chi connectivity index (χ3n) is 6.06. The third kappa shape index (κ3) is 5.11. The Morgan fingerprint density at radius 2 is 1.94 bits per heavy atom. The zero-order chi connectivity index (χ0) is 22.4. The molecule has 1 aromatic carbocycles. The summed E-state index contributed by atoms with van der Waals surface area (Å²) >= 11 is 0. The number of hydrogen-bond acceptors (Lipinski definition) is 4. The largest absolute Gasteiger partial charge is 0.497 e. The molecule has 1 saturated carbocycles. The molecular weight excluding hydrogens is 390 g/mol. The number of nitriles is 1. The van der Waals surface area contributed by atoms with Crippen molar-refractivity contribution in [2.75, 3.05) is 14.2 Å². The van der Waals surface area contributed by atoms with Crippen LogP contribution in [-0.2, 0) is 11.3 Å². The molecule has 1 N–H and O–H groups in total. The van der Waals surface area contributed by atoms with E-state index in [9.17, 15) is 10.1 Å². The Morgan fingerprint density at radius 1 is 1.19 bits per heavy atom. The Morgan fingerprint density at radius 3 is 2.58 bits per heavy atom. The normalized spacial score (nSPS) is 14.7. The highest BCUT2D eigenvalue weighted by Gasteiger charge is 2.20. The summed E-state index contributed by atoms with van der Waals surface area (Å²) in [5.41, 5.74) is 4.12. The summed E-state index contributed by atoms with van der Waals surface area (Å²) < 4.78 is 13.0. The molecule has 31 heavy (non-hydrogen) atoms. The third-order valence-corrected chi connectivity index (χ3v) is 6.06. The van der Waals surface area contributed by atoms with Crippen molar-refractivity contribution in [1.29, 1.82) is 5.26 Å². The van der Waals surface area contributed by atoms with Crippen molar-refractivity contribution in [3.8, 4) is 17.6 Å². The maximum Gasteiger partial charge on any atom is 0.262 e. The second kappa shape index (κ2) is 10.2. The number of ether oxygens (including phenoxy) is 2. The Kier molecular flexibility index (Phi) is 7.41. The molecule has 1 aliphatic carbocycles. The van der Waals surface area contributed by atoms with Gasteiger partial charge in [0.2, 0.25) is 0 Å². The minimum absolute atomic E-state index is 0.0939. The van der Waals surface area contributed by atoms with Gasteiger partial charge in [0.1, 0.15) is 23.1 Å². The number of rotatable bonds is 7. The van der Waals surface area contributed by atoms with Gasteiger partial charge in [0.25, 0.3) is 5.91 Å². The lowest BCUT2D eigenvalue weighted by Gasteiger charge is -2.26. The van der Waals surface area contributed by atoms with Crippen molar-refractivity contribution < 1.29 is 14.3 Å². The monoisotopic (exact) mass is 421 g/mol. The molecule has 6 heteroatoms. The predicted octanol–water partition coefficient (Wildman–Crippen LogP) is 4.85. The molecule has 0 unspecified atom stereocenters. The van der Waals surface area contributed by atoms with Crippen molar-refractivity contribution in [3.05, 3.63) is 52.4 Å². The van der Waals surface area contributed by atoms with Crippen LogP contribution in [0.15, 0.2) is 29.8 Å². The molecule has 1 fully saturated rings. The van der Waals surface area contributed by atoms with E-state index in [-0.39, 0.29) is 12.1 Å². The topological polar surface area (TPSA) is 76.3 Å². The first-order valence-electron chi connectivity index (χ1n) is 10.8. The van der Waals surface area contributed by atoms with Gasteiger partial charge in [0.05, 0.1) is 14.2 Å². The second-order valence-electron chi connectivity index (χ2n) is 8.02. The van der Waals surface area contributed by atoms with Gasteiger partial charge < -0.3 is 19.4 Å². The van der Waals surface area contributed by atoms with Crippen LogP contribution in [0.1, 0.15) is 60.7 Å². The maximum atomic E-state index is 12.7. The number of aromatic nitrogens is 1. The van der Waals surface area contributed by atoms with Crippen molar-refractivity contribution in [2.45, 2.75) is 58.5 Å². The van der Waals surface area contributed by atoms with E-state index in [1.165, 1.54) is 37.8 Å². The number of benzene rings is 1. The van der Waals surface area contributed by atoms with Crippen LogP contribution in [0, 0.1) is 25.2 Å². The van der Waals surface area contributed by atoms with Crippen LogP contribution in [0.25, 0.3) is 6.08 Å². The fraction of sp³-hybridized carbons (Fsp3) is 0.440. The summed E-state index contributed by atoms with van der Waals surface area (Å²) in [6.45, 7) is 4.43. The van der Waals surface area contributed by atoms with Crippen LogP contribution in [0.5, 0.6) is 11.5 Å². The van der Waals surface area contributed by atoms with E-state index in [0.717, 1.165) is 16.8 Å². The lowest BCUT2D eigenvalue weighted by Crippen LogP contribution is -2.24. The molecule has 6 nitrogen and oxygen atoms in total. The molecule has 0 aliphatic heterocycles. The minimum atomic E-state index is -0.400. The van der Waals surface area contributed by atoms with E-state index in [1.54, 1.807) is 26.4 Å². The van der Waals surface area contributed by atoms with Gasteiger partial charge in [-0.2, -0.15) is 5.26 Å². The summed E-state index contributed by atoms with van der Waals surface area (Å²) in [6, 6.07) is 10.1. The van der Waals surface area contributed by atoms with Gasteiger partial charge in [-0.25, -0.2) is 0 Å². The average molecular weight is 422 g/mol. The van der Waals surface area contributed by atoms with E-state index in [1.807, 2.05) is 12.1 Å². The van der Waals surface area contributed by atoms with Crippen molar-refractivity contribution in [1.82, 2.24) is 9.88 Å². The number of hydrogen-bond donors (Lipinski definition) is 1. The van der Waals surface area contributed by atoms with Gasteiger partial charge in [-0.3, -0.25) is 4.79 Å². The standard InChI is InChI=1S/C25H31N3O3/c1-17-12-20(18(2)28(17)22-8-6-5-7-9-22)13-21(15-26)25(29)27-16-19-10-11-23(30-3)14-24(19)31-4/h10-14,22H,5-9,16H2,1-4H3,(H,27,29)/b21-13+. The van der Waals surface area contributed by atoms with E-state index in [2.05, 4.69) is 35.9 Å². The highest BCUT2D eigenvalue weighted by atomic mass is 16.5. The average Bonchev–Trinajstić information content (AvgIpc) is 3.08. The zero-order valence-electron chi connectivity index (χ0n) is 18.8. The zero-order valence-corrected chi connectivity index (χ0v) is 18.8. The number of amides is 1. The quantitative estimate of drug-likeness (QED) is 0.512. The summed E-state index contributed by atoms with van der Waals surface area (Å²) in [4.78, 5) is 12.7. The first-order chi connectivity index (χ1) is 15.0. The van der Waals surface area contributed by atoms with Crippen LogP contribution in [-0.4, -0.2) is 24.7 Å². The van der Waals surface area contributed by atoms with Crippen LogP contribution >= 0.6 is 0 Å². The highest BCUT2D eigenvalue weighted by Crippen LogP contribution is 2.32. The van der Waals surface area contributed by atoms with Gasteiger partial charge >= 0.3 is 0 Å². The molecule has 0 radical (unpaired) electrons. The predicted molar refractivity (Wildman–Crippen MR) is 121 cm³/mol. The summed E-state index contributed by atoms with van der Waals surface area (Å²) in [6.07, 6.45) is 7.90. The summed E-state index contributed by atoms with van der Waals surface area (Å²) in [5.74, 6) is 0.902. The molecule has 2 aromatic rings. The van der Waals surface area contributed by atoms with Crippen LogP contribution in [0.3, 0.4) is 0 Å². The van der Waals surface area contributed by atoms with Gasteiger partial charge in [-0.05, 0) is 56.5 Å². The first-order valence-corrected chi connectivity index (χ1v) is 10.8. The highest BCUT2D eigenvalue weighted by molar-refractivity contribution is 6.01. The van der Waals surface area contributed by atoms with Crippen LogP contribution < -0.4 is 14.8 Å². The lowest BCUT2D eigenvalue weighted by molar-refractivity contribution is -0.117. The molecule has 0 saturated heterocycles.